The van der Waals surface area contributed by atoms with Gasteiger partial charge in [-0.2, -0.15) is 0 Å². The molecule has 0 aliphatic rings. The molecular weight excluding hydrogens is 667 g/mol. The van der Waals surface area contributed by atoms with Gasteiger partial charge in [0.2, 0.25) is 0 Å². The van der Waals surface area contributed by atoms with E-state index < -0.39 is 24.0 Å². The van der Waals surface area contributed by atoms with Gasteiger partial charge in [-0.1, -0.05) is 71.7 Å². The number of rotatable bonds is 18. The number of aliphatic hydroxyl groups excluding tert-OH is 2. The van der Waals surface area contributed by atoms with Crippen LogP contribution < -0.4 is 20.1 Å². The summed E-state index contributed by atoms with van der Waals surface area (Å²) in [6, 6.07) is 28.1. The average molecular weight is 710 g/mol. The summed E-state index contributed by atoms with van der Waals surface area (Å²) < 4.78 is 17.2. The minimum atomic E-state index is -1.29. The molecule has 4 aromatic rings. The monoisotopic (exact) mass is 708 g/mol. The molecule has 0 bridgehead atoms. The topological polar surface area (TPSA) is 126 Å². The number of aliphatic hydroxyl groups is 2. The van der Waals surface area contributed by atoms with Crippen LogP contribution in [0.4, 0.5) is 0 Å². The summed E-state index contributed by atoms with van der Waals surface area (Å²) >= 11 is 11.9. The summed E-state index contributed by atoms with van der Waals surface area (Å²) in [5.41, 5.74) is 2.93. The van der Waals surface area contributed by atoms with E-state index in [1.807, 2.05) is 62.4 Å². The zero-order chi connectivity index (χ0) is 35.2. The maximum Gasteiger partial charge on any atom is 0.253 e. The van der Waals surface area contributed by atoms with Crippen molar-refractivity contribution in [3.05, 3.63) is 129 Å². The minimum Gasteiger partial charge on any atom is -0.491 e. The highest BCUT2D eigenvalue weighted by molar-refractivity contribution is 6.31. The van der Waals surface area contributed by atoms with Crippen LogP contribution in [0.25, 0.3) is 0 Å². The van der Waals surface area contributed by atoms with Gasteiger partial charge in [0.1, 0.15) is 24.7 Å². The Morgan fingerprint density at radius 1 is 0.612 bits per heavy atom. The molecule has 4 rings (SSSR count). The lowest BCUT2D eigenvalue weighted by Gasteiger charge is -2.18. The number of carbonyl (C=O) groups is 2. The molecule has 0 spiro atoms. The zero-order valence-corrected chi connectivity index (χ0v) is 29.0. The summed E-state index contributed by atoms with van der Waals surface area (Å²) in [5, 5.41) is 27.3. The Bertz CT molecular complexity index is 1520. The normalized spacial score (nSPS) is 13.5. The number of nitrogens with one attached hydrogen (secondary N) is 2. The van der Waals surface area contributed by atoms with Gasteiger partial charge in [-0.15, -0.1) is 0 Å². The Kier molecular flexibility index (Phi) is 14.7. The minimum absolute atomic E-state index is 0.188. The third-order valence-electron chi connectivity index (χ3n) is 7.53. The summed E-state index contributed by atoms with van der Waals surface area (Å²) in [4.78, 5) is 24.9. The number of amides is 2. The lowest BCUT2D eigenvalue weighted by atomic mass is 10.1. The van der Waals surface area contributed by atoms with Crippen molar-refractivity contribution in [2.24, 2.45) is 0 Å². The molecule has 0 radical (unpaired) electrons. The molecule has 4 aromatic carbocycles. The molecule has 2 amide bonds. The fourth-order valence-electron chi connectivity index (χ4n) is 5.09. The second-order valence-electron chi connectivity index (χ2n) is 11.7. The van der Waals surface area contributed by atoms with E-state index in [0.29, 0.717) is 71.9 Å². The molecule has 0 saturated heterocycles. The Morgan fingerprint density at radius 2 is 1.00 bits per heavy atom. The second-order valence-corrected chi connectivity index (χ2v) is 12.6. The van der Waals surface area contributed by atoms with Gasteiger partial charge in [-0.05, 0) is 97.5 Å². The van der Waals surface area contributed by atoms with E-state index in [-0.39, 0.29) is 12.1 Å². The largest absolute Gasteiger partial charge is 0.491 e. The maximum atomic E-state index is 12.5. The van der Waals surface area contributed by atoms with Gasteiger partial charge in [-0.3, -0.25) is 9.59 Å². The first-order valence-corrected chi connectivity index (χ1v) is 16.8. The summed E-state index contributed by atoms with van der Waals surface area (Å²) in [6.45, 7) is 5.33. The van der Waals surface area contributed by atoms with E-state index in [1.165, 1.54) is 0 Å². The fraction of sp³-hybridized carbons (Fsp3) is 0.316. The first-order valence-electron chi connectivity index (χ1n) is 16.1. The van der Waals surface area contributed by atoms with Crippen molar-refractivity contribution in [3.63, 3.8) is 0 Å². The molecular formula is C38H42Cl2N2O7. The van der Waals surface area contributed by atoms with Gasteiger partial charge < -0.3 is 35.1 Å². The van der Waals surface area contributed by atoms with Crippen molar-refractivity contribution in [3.8, 4) is 11.5 Å². The second kappa shape index (κ2) is 19.2. The van der Waals surface area contributed by atoms with Crippen LogP contribution in [0.5, 0.6) is 11.5 Å². The van der Waals surface area contributed by atoms with Crippen LogP contribution in [0.2, 0.25) is 10.0 Å². The van der Waals surface area contributed by atoms with Gasteiger partial charge in [-0.25, -0.2) is 0 Å². The highest BCUT2D eigenvalue weighted by Crippen LogP contribution is 2.20. The molecule has 0 fully saturated rings. The van der Waals surface area contributed by atoms with Crippen molar-refractivity contribution >= 4 is 35.0 Å². The molecule has 11 heteroatoms. The predicted octanol–water partition coefficient (Wildman–Crippen LogP) is 6.03. The van der Waals surface area contributed by atoms with E-state index in [4.69, 9.17) is 37.4 Å². The summed E-state index contributed by atoms with van der Waals surface area (Å²) in [5.74, 6) is 0.471. The van der Waals surface area contributed by atoms with Crippen molar-refractivity contribution in [2.45, 2.75) is 51.0 Å². The number of halogens is 2. The van der Waals surface area contributed by atoms with Crippen molar-refractivity contribution in [1.29, 1.82) is 0 Å². The Balaban J connectivity index is 1.06. The molecule has 0 aromatic heterocycles. The molecule has 260 valence electrons. The SMILES string of the molecule is C[C@H](Cc1ccc(OCCOCCOc2ccc(C[C@@H](C)NC(=O)[C@H](O)c3cccc(Cl)c3)cc2)cc1)NC(=O)[C@H](O)c1cccc(Cl)c1. The number of hydrogen-bond donors (Lipinski definition) is 4. The van der Waals surface area contributed by atoms with E-state index >= 15 is 0 Å². The van der Waals surface area contributed by atoms with E-state index in [2.05, 4.69) is 10.6 Å². The van der Waals surface area contributed by atoms with E-state index in [1.54, 1.807) is 48.5 Å². The van der Waals surface area contributed by atoms with Crippen molar-refractivity contribution in [1.82, 2.24) is 10.6 Å². The standard InChI is InChI=1S/C38H42Cl2N2O7/c1-25(41-37(45)35(43)29-5-3-7-31(39)23-29)21-27-9-13-33(14-10-27)48-19-17-47-18-20-49-34-15-11-28(12-16-34)22-26(2)42-38(46)36(44)30-6-4-8-32(40)24-30/h3-16,23-26,35-36,43-44H,17-22H2,1-2H3,(H,41,45)(H,42,46)/t25-,26-,35-,36-/m1/s1. The molecule has 9 nitrogen and oxygen atoms in total. The first kappa shape index (κ1) is 37.7. The number of ether oxygens (including phenoxy) is 3. The van der Waals surface area contributed by atoms with Crippen LogP contribution in [-0.4, -0.2) is 60.5 Å². The molecule has 0 saturated carbocycles. The van der Waals surface area contributed by atoms with E-state index in [0.717, 1.165) is 11.1 Å². The van der Waals surface area contributed by atoms with Crippen LogP contribution in [-0.2, 0) is 27.2 Å². The molecule has 49 heavy (non-hydrogen) atoms. The Morgan fingerprint density at radius 3 is 1.37 bits per heavy atom. The number of carbonyl (C=O) groups excluding carboxylic acids is 2. The molecule has 4 N–H and O–H groups in total. The third kappa shape index (κ3) is 12.7. The number of benzene rings is 4. The van der Waals surface area contributed by atoms with Crippen LogP contribution in [0.3, 0.4) is 0 Å². The smallest absolute Gasteiger partial charge is 0.253 e. The Labute approximate surface area is 297 Å². The Hall–Kier alpha value is -4.12. The molecule has 0 aliphatic heterocycles. The predicted molar refractivity (Wildman–Crippen MR) is 190 cm³/mol. The van der Waals surface area contributed by atoms with Crippen LogP contribution in [0.15, 0.2) is 97.1 Å². The maximum absolute atomic E-state index is 12.5. The highest BCUT2D eigenvalue weighted by atomic mass is 35.5. The van der Waals surface area contributed by atoms with Crippen molar-refractivity contribution in [2.75, 3.05) is 26.4 Å². The van der Waals surface area contributed by atoms with E-state index in [9.17, 15) is 19.8 Å². The lowest BCUT2D eigenvalue weighted by molar-refractivity contribution is -0.130. The van der Waals surface area contributed by atoms with Gasteiger partial charge in [0.25, 0.3) is 11.8 Å². The molecule has 0 unspecified atom stereocenters. The van der Waals surface area contributed by atoms with Crippen LogP contribution in [0.1, 0.15) is 48.3 Å². The summed E-state index contributed by atoms with van der Waals surface area (Å²) in [6.07, 6.45) is -1.39. The molecule has 0 aliphatic carbocycles. The third-order valence-corrected chi connectivity index (χ3v) is 8.00. The van der Waals surface area contributed by atoms with Gasteiger partial charge in [0, 0.05) is 22.1 Å². The van der Waals surface area contributed by atoms with Gasteiger partial charge in [0.05, 0.1) is 13.2 Å². The van der Waals surface area contributed by atoms with Crippen molar-refractivity contribution < 1.29 is 34.0 Å². The highest BCUT2D eigenvalue weighted by Gasteiger charge is 2.20. The molecule has 0 heterocycles. The lowest BCUT2D eigenvalue weighted by Crippen LogP contribution is -2.37. The van der Waals surface area contributed by atoms with Gasteiger partial charge >= 0.3 is 0 Å². The average Bonchev–Trinajstić information content (AvgIpc) is 3.08. The van der Waals surface area contributed by atoms with Crippen LogP contribution >= 0.6 is 23.2 Å². The van der Waals surface area contributed by atoms with Gasteiger partial charge in [0.15, 0.2) is 12.2 Å². The number of hydrogen-bond acceptors (Lipinski definition) is 7. The summed E-state index contributed by atoms with van der Waals surface area (Å²) in [7, 11) is 0. The fourth-order valence-corrected chi connectivity index (χ4v) is 5.49. The molecule has 4 atom stereocenters. The van der Waals surface area contributed by atoms with Crippen LogP contribution in [0, 0.1) is 0 Å². The zero-order valence-electron chi connectivity index (χ0n) is 27.5. The first-order chi connectivity index (χ1) is 23.6. The quantitative estimate of drug-likeness (QED) is 0.0931.